The molecule has 5 heteroatoms. The van der Waals surface area contributed by atoms with E-state index in [-0.39, 0.29) is 5.95 Å². The number of aromatic nitrogens is 2. The maximum absolute atomic E-state index is 5.81. The van der Waals surface area contributed by atoms with E-state index in [2.05, 4.69) is 22.6 Å². The Balaban J connectivity index is 2.77. The van der Waals surface area contributed by atoms with Gasteiger partial charge in [-0.1, -0.05) is 23.8 Å². The first-order valence-corrected chi connectivity index (χ1v) is 4.80. The van der Waals surface area contributed by atoms with Gasteiger partial charge in [0.1, 0.15) is 5.15 Å². The lowest BCUT2D eigenvalue weighted by atomic mass is 10.3. The van der Waals surface area contributed by atoms with Crippen molar-refractivity contribution >= 4 is 36.3 Å². The Morgan fingerprint density at radius 1 is 1.62 bits per heavy atom. The summed E-state index contributed by atoms with van der Waals surface area (Å²) in [4.78, 5) is 7.64. The van der Waals surface area contributed by atoms with Crippen molar-refractivity contribution in [3.63, 3.8) is 0 Å². The first-order valence-electron chi connectivity index (χ1n) is 3.79. The van der Waals surface area contributed by atoms with Crippen molar-refractivity contribution in [2.75, 3.05) is 11.5 Å². The average Bonchev–Trinajstić information content (AvgIpc) is 2.09. The topological polar surface area (TPSA) is 51.8 Å². The molecular formula is C8H10ClN3S. The summed E-state index contributed by atoms with van der Waals surface area (Å²) in [6.07, 6.45) is 6.31. The van der Waals surface area contributed by atoms with Crippen molar-refractivity contribution in [1.82, 2.24) is 9.97 Å². The highest BCUT2D eigenvalue weighted by Crippen LogP contribution is 2.14. The summed E-state index contributed by atoms with van der Waals surface area (Å²) in [6, 6.07) is 0. The molecular weight excluding hydrogens is 206 g/mol. The van der Waals surface area contributed by atoms with Crippen LogP contribution >= 0.6 is 24.2 Å². The predicted octanol–water partition coefficient (Wildman–Crippen LogP) is 2.05. The molecule has 0 aliphatic rings. The van der Waals surface area contributed by atoms with E-state index in [0.29, 0.717) is 5.15 Å². The molecule has 1 aromatic rings. The Morgan fingerprint density at radius 3 is 3.00 bits per heavy atom. The van der Waals surface area contributed by atoms with Gasteiger partial charge in [-0.25, -0.2) is 9.97 Å². The molecule has 0 spiro atoms. The summed E-state index contributed by atoms with van der Waals surface area (Å²) in [5, 5.41) is 0.378. The van der Waals surface area contributed by atoms with Gasteiger partial charge in [-0.05, 0) is 12.2 Å². The Morgan fingerprint density at radius 2 is 2.38 bits per heavy atom. The van der Waals surface area contributed by atoms with Crippen LogP contribution < -0.4 is 5.73 Å². The number of hydrogen-bond acceptors (Lipinski definition) is 4. The van der Waals surface area contributed by atoms with E-state index < -0.39 is 0 Å². The van der Waals surface area contributed by atoms with Crippen LogP contribution in [0.5, 0.6) is 0 Å². The van der Waals surface area contributed by atoms with Crippen LogP contribution in [0.2, 0.25) is 5.15 Å². The molecule has 0 radical (unpaired) electrons. The number of nitrogens with two attached hydrogens (primary N) is 1. The molecule has 1 heterocycles. The van der Waals surface area contributed by atoms with Gasteiger partial charge in [0.2, 0.25) is 5.95 Å². The molecule has 1 rings (SSSR count). The minimum Gasteiger partial charge on any atom is -0.368 e. The van der Waals surface area contributed by atoms with E-state index in [1.807, 2.05) is 12.2 Å². The van der Waals surface area contributed by atoms with Crippen LogP contribution in [0.3, 0.4) is 0 Å². The van der Waals surface area contributed by atoms with Crippen molar-refractivity contribution in [2.45, 2.75) is 6.42 Å². The molecule has 0 aliphatic heterocycles. The van der Waals surface area contributed by atoms with E-state index in [0.717, 1.165) is 17.7 Å². The SMILES string of the molecule is Nc1ncc(C=CCCS)c(Cl)n1. The molecule has 3 nitrogen and oxygen atoms in total. The number of halogens is 1. The summed E-state index contributed by atoms with van der Waals surface area (Å²) < 4.78 is 0. The van der Waals surface area contributed by atoms with Crippen LogP contribution in [0.15, 0.2) is 12.3 Å². The van der Waals surface area contributed by atoms with Crippen LogP contribution in [0.1, 0.15) is 12.0 Å². The monoisotopic (exact) mass is 215 g/mol. The number of nitrogen functional groups attached to an aromatic ring is 1. The molecule has 0 bridgehead atoms. The Hall–Kier alpha value is -0.740. The van der Waals surface area contributed by atoms with Crippen LogP contribution in [0.25, 0.3) is 6.08 Å². The highest BCUT2D eigenvalue weighted by molar-refractivity contribution is 7.80. The lowest BCUT2D eigenvalue weighted by molar-refractivity contribution is 1.17. The maximum Gasteiger partial charge on any atom is 0.221 e. The van der Waals surface area contributed by atoms with Crippen LogP contribution in [0, 0.1) is 0 Å². The first-order chi connectivity index (χ1) is 6.24. The quantitative estimate of drug-likeness (QED) is 0.600. The van der Waals surface area contributed by atoms with Crippen molar-refractivity contribution in [3.8, 4) is 0 Å². The van der Waals surface area contributed by atoms with Gasteiger partial charge in [-0.3, -0.25) is 0 Å². The fourth-order valence-corrected chi connectivity index (χ4v) is 1.13. The third-order valence-electron chi connectivity index (χ3n) is 1.38. The fourth-order valence-electron chi connectivity index (χ4n) is 0.780. The van der Waals surface area contributed by atoms with Gasteiger partial charge in [0.05, 0.1) is 0 Å². The molecule has 0 saturated heterocycles. The normalized spacial score (nSPS) is 10.9. The molecule has 2 N–H and O–H groups in total. The fraction of sp³-hybridized carbons (Fsp3) is 0.250. The number of nitrogens with zero attached hydrogens (tertiary/aromatic N) is 2. The lowest BCUT2D eigenvalue weighted by Crippen LogP contribution is -1.95. The zero-order chi connectivity index (χ0) is 9.68. The Bertz CT molecular complexity index is 314. The number of hydrogen-bond donors (Lipinski definition) is 2. The second-order valence-electron chi connectivity index (χ2n) is 2.39. The van der Waals surface area contributed by atoms with Crippen LogP contribution in [0.4, 0.5) is 5.95 Å². The average molecular weight is 216 g/mol. The Kier molecular flexibility index (Phi) is 4.05. The van der Waals surface area contributed by atoms with Gasteiger partial charge < -0.3 is 5.73 Å². The second kappa shape index (κ2) is 5.09. The standard InChI is InChI=1S/C8H10ClN3S/c9-7-6(3-1-2-4-13)5-11-8(10)12-7/h1,3,5,13H,2,4H2,(H2,10,11,12). The smallest absolute Gasteiger partial charge is 0.221 e. The summed E-state index contributed by atoms with van der Waals surface area (Å²) in [6.45, 7) is 0. The van der Waals surface area contributed by atoms with Gasteiger partial charge >= 0.3 is 0 Å². The summed E-state index contributed by atoms with van der Waals surface area (Å²) in [5.41, 5.74) is 6.11. The van der Waals surface area contributed by atoms with Crippen LogP contribution in [-0.2, 0) is 0 Å². The van der Waals surface area contributed by atoms with Gasteiger partial charge in [0.25, 0.3) is 0 Å². The summed E-state index contributed by atoms with van der Waals surface area (Å²) in [7, 11) is 0. The zero-order valence-electron chi connectivity index (χ0n) is 6.94. The zero-order valence-corrected chi connectivity index (χ0v) is 8.59. The highest BCUT2D eigenvalue weighted by Gasteiger charge is 1.98. The van der Waals surface area contributed by atoms with E-state index >= 15 is 0 Å². The van der Waals surface area contributed by atoms with Crippen molar-refractivity contribution in [1.29, 1.82) is 0 Å². The predicted molar refractivity (Wildman–Crippen MR) is 59.0 cm³/mol. The van der Waals surface area contributed by atoms with Gasteiger partial charge in [0, 0.05) is 11.8 Å². The van der Waals surface area contributed by atoms with E-state index in [4.69, 9.17) is 17.3 Å². The van der Waals surface area contributed by atoms with E-state index in [1.54, 1.807) is 6.20 Å². The number of anilines is 1. The third-order valence-corrected chi connectivity index (χ3v) is 1.94. The Labute approximate surface area is 87.4 Å². The largest absolute Gasteiger partial charge is 0.368 e. The molecule has 0 aromatic carbocycles. The molecule has 0 atom stereocenters. The molecule has 1 aromatic heterocycles. The van der Waals surface area contributed by atoms with Crippen LogP contribution in [-0.4, -0.2) is 15.7 Å². The molecule has 0 unspecified atom stereocenters. The molecule has 0 saturated carbocycles. The number of thiol groups is 1. The summed E-state index contributed by atoms with van der Waals surface area (Å²) >= 11 is 9.88. The maximum atomic E-state index is 5.81. The van der Waals surface area contributed by atoms with E-state index in [1.165, 1.54) is 0 Å². The first kappa shape index (κ1) is 10.3. The lowest BCUT2D eigenvalue weighted by Gasteiger charge is -1.96. The summed E-state index contributed by atoms with van der Waals surface area (Å²) in [5.74, 6) is 1.00. The number of allylic oxidation sites excluding steroid dienone is 1. The minimum atomic E-state index is 0.191. The van der Waals surface area contributed by atoms with Crippen molar-refractivity contribution in [3.05, 3.63) is 23.0 Å². The molecule has 70 valence electrons. The second-order valence-corrected chi connectivity index (χ2v) is 3.19. The van der Waals surface area contributed by atoms with Crippen molar-refractivity contribution in [2.24, 2.45) is 0 Å². The molecule has 13 heavy (non-hydrogen) atoms. The third kappa shape index (κ3) is 3.24. The minimum absolute atomic E-state index is 0.191. The molecule has 0 amide bonds. The van der Waals surface area contributed by atoms with Crippen molar-refractivity contribution < 1.29 is 0 Å². The molecule has 0 aliphatic carbocycles. The molecule has 0 fully saturated rings. The van der Waals surface area contributed by atoms with E-state index in [9.17, 15) is 0 Å². The van der Waals surface area contributed by atoms with Gasteiger partial charge in [0.15, 0.2) is 0 Å². The van der Waals surface area contributed by atoms with Gasteiger partial charge in [-0.15, -0.1) is 0 Å². The number of rotatable bonds is 3. The van der Waals surface area contributed by atoms with Gasteiger partial charge in [-0.2, -0.15) is 12.6 Å². The highest BCUT2D eigenvalue weighted by atomic mass is 35.5.